The van der Waals surface area contributed by atoms with Gasteiger partial charge in [-0.25, -0.2) is 15.0 Å². The highest BCUT2D eigenvalue weighted by Gasteiger charge is 2.13. The molecule has 31 heavy (non-hydrogen) atoms. The van der Waals surface area contributed by atoms with Crippen LogP contribution >= 0.6 is 11.6 Å². The lowest BCUT2D eigenvalue weighted by Crippen LogP contribution is -2.06. The summed E-state index contributed by atoms with van der Waals surface area (Å²) in [7, 11) is 1.80. The number of pyridine rings is 2. The van der Waals surface area contributed by atoms with Crippen LogP contribution in [0.3, 0.4) is 0 Å². The van der Waals surface area contributed by atoms with E-state index >= 15 is 0 Å². The van der Waals surface area contributed by atoms with Crippen LogP contribution in [0, 0.1) is 11.8 Å². The topological polar surface area (TPSA) is 78.6 Å². The number of fused-ring (bicyclic) bond motifs is 2. The number of ether oxygens (including phenoxy) is 1. The monoisotopic (exact) mass is 426 g/mol. The third-order valence-electron chi connectivity index (χ3n) is 4.68. The van der Waals surface area contributed by atoms with Crippen LogP contribution in [0.25, 0.3) is 22.1 Å². The molecule has 5 aromatic rings. The minimum absolute atomic E-state index is 0.183. The molecule has 0 N–H and O–H groups in total. The number of benzene rings is 1. The molecular weight excluding hydrogens is 412 g/mol. The average Bonchev–Trinajstić information content (AvgIpc) is 3.13. The van der Waals surface area contributed by atoms with E-state index in [1.54, 1.807) is 36.4 Å². The molecule has 0 bridgehead atoms. The van der Waals surface area contributed by atoms with E-state index in [1.807, 2.05) is 36.4 Å². The van der Waals surface area contributed by atoms with Gasteiger partial charge in [0.1, 0.15) is 12.1 Å². The molecule has 1 aromatic carbocycles. The summed E-state index contributed by atoms with van der Waals surface area (Å²) in [4.78, 5) is 17.8. The molecule has 5 rings (SSSR count). The maximum Gasteiger partial charge on any atom is 0.250 e. The molecule has 0 spiro atoms. The molecule has 0 saturated heterocycles. The summed E-state index contributed by atoms with van der Waals surface area (Å²) in [6.45, 7) is 0.183. The first-order chi connectivity index (χ1) is 15.2. The number of hydrogen-bond acceptors (Lipinski definition) is 6. The standard InChI is InChI=1S/C23H15ClN6O/c1-30-21(17(24)13-27-30)14-31-23-20(28-22-19(29-23)7-4-10-25-22)9-8-15-11-16-5-2-3-6-18(16)26-12-15/h2-7,10-13H,14H2,1H3. The van der Waals surface area contributed by atoms with Gasteiger partial charge < -0.3 is 4.74 Å². The molecule has 0 atom stereocenters. The van der Waals surface area contributed by atoms with Crippen molar-refractivity contribution in [3.05, 3.63) is 83.0 Å². The highest BCUT2D eigenvalue weighted by atomic mass is 35.5. The number of nitrogens with zero attached hydrogens (tertiary/aromatic N) is 6. The molecule has 4 heterocycles. The molecule has 0 aliphatic heterocycles. The molecule has 0 saturated carbocycles. The van der Waals surface area contributed by atoms with Crippen molar-refractivity contribution in [1.29, 1.82) is 0 Å². The van der Waals surface area contributed by atoms with Gasteiger partial charge in [-0.2, -0.15) is 5.10 Å². The van der Waals surface area contributed by atoms with Gasteiger partial charge in [-0.1, -0.05) is 35.7 Å². The van der Waals surface area contributed by atoms with Crippen molar-refractivity contribution in [1.82, 2.24) is 29.7 Å². The Morgan fingerprint density at radius 1 is 1.00 bits per heavy atom. The van der Waals surface area contributed by atoms with Crippen molar-refractivity contribution < 1.29 is 4.74 Å². The Morgan fingerprint density at radius 2 is 1.87 bits per heavy atom. The van der Waals surface area contributed by atoms with Gasteiger partial charge >= 0.3 is 0 Å². The number of halogens is 1. The summed E-state index contributed by atoms with van der Waals surface area (Å²) in [5.74, 6) is 6.47. The van der Waals surface area contributed by atoms with Crippen LogP contribution in [-0.4, -0.2) is 29.7 Å². The third-order valence-corrected chi connectivity index (χ3v) is 5.00. The van der Waals surface area contributed by atoms with E-state index in [-0.39, 0.29) is 6.61 Å². The van der Waals surface area contributed by atoms with Gasteiger partial charge in [0.25, 0.3) is 0 Å². The van der Waals surface area contributed by atoms with E-state index in [2.05, 4.69) is 36.9 Å². The summed E-state index contributed by atoms with van der Waals surface area (Å²) < 4.78 is 7.60. The zero-order valence-corrected chi connectivity index (χ0v) is 17.2. The molecule has 4 aromatic heterocycles. The van der Waals surface area contributed by atoms with Crippen molar-refractivity contribution in [2.75, 3.05) is 0 Å². The van der Waals surface area contributed by atoms with Crippen LogP contribution in [-0.2, 0) is 13.7 Å². The summed E-state index contributed by atoms with van der Waals surface area (Å²) in [6.07, 6.45) is 4.97. The first-order valence-corrected chi connectivity index (χ1v) is 9.84. The molecule has 0 aliphatic rings. The lowest BCUT2D eigenvalue weighted by Gasteiger charge is -2.08. The highest BCUT2D eigenvalue weighted by molar-refractivity contribution is 6.31. The van der Waals surface area contributed by atoms with Gasteiger partial charge in [-0.15, -0.1) is 0 Å². The second kappa shape index (κ2) is 8.01. The normalized spacial score (nSPS) is 10.8. The predicted molar refractivity (Wildman–Crippen MR) is 118 cm³/mol. The molecule has 0 radical (unpaired) electrons. The maximum absolute atomic E-state index is 6.19. The third kappa shape index (κ3) is 3.89. The lowest BCUT2D eigenvalue weighted by molar-refractivity contribution is 0.282. The van der Waals surface area contributed by atoms with Crippen molar-refractivity contribution in [3.63, 3.8) is 0 Å². The van der Waals surface area contributed by atoms with Gasteiger partial charge in [-0.3, -0.25) is 9.67 Å². The van der Waals surface area contributed by atoms with Crippen molar-refractivity contribution in [2.45, 2.75) is 6.61 Å². The van der Waals surface area contributed by atoms with Crippen molar-refractivity contribution in [2.24, 2.45) is 7.05 Å². The van der Waals surface area contributed by atoms with Gasteiger partial charge in [0.2, 0.25) is 5.88 Å². The first-order valence-electron chi connectivity index (χ1n) is 9.46. The Labute approximate surface area is 182 Å². The molecule has 0 fully saturated rings. The van der Waals surface area contributed by atoms with Crippen LogP contribution in [0.1, 0.15) is 17.0 Å². The molecule has 0 aliphatic carbocycles. The van der Waals surface area contributed by atoms with E-state index in [4.69, 9.17) is 16.3 Å². The van der Waals surface area contributed by atoms with Crippen LogP contribution in [0.15, 0.2) is 61.1 Å². The van der Waals surface area contributed by atoms with E-state index in [9.17, 15) is 0 Å². The Morgan fingerprint density at radius 3 is 2.74 bits per heavy atom. The fraction of sp³-hybridized carbons (Fsp3) is 0.0870. The van der Waals surface area contributed by atoms with Gasteiger partial charge in [0.05, 0.1) is 22.4 Å². The average molecular weight is 427 g/mol. The van der Waals surface area contributed by atoms with Gasteiger partial charge in [-0.05, 0) is 30.2 Å². The smallest absolute Gasteiger partial charge is 0.250 e. The molecular formula is C23H15ClN6O. The molecule has 150 valence electrons. The molecule has 8 heteroatoms. The Balaban J connectivity index is 1.53. The number of hydrogen-bond donors (Lipinski definition) is 0. The fourth-order valence-corrected chi connectivity index (χ4v) is 3.29. The minimum Gasteiger partial charge on any atom is -0.469 e. The second-order valence-corrected chi connectivity index (χ2v) is 7.15. The maximum atomic E-state index is 6.19. The van der Waals surface area contributed by atoms with Gasteiger partial charge in [0, 0.05) is 30.4 Å². The summed E-state index contributed by atoms with van der Waals surface area (Å²) in [5, 5.41) is 5.66. The van der Waals surface area contributed by atoms with Crippen molar-refractivity contribution >= 4 is 33.7 Å². The van der Waals surface area contributed by atoms with Crippen LogP contribution in [0.5, 0.6) is 5.88 Å². The molecule has 0 amide bonds. The number of para-hydroxylation sites is 1. The van der Waals surface area contributed by atoms with E-state index in [0.717, 1.165) is 22.2 Å². The second-order valence-electron chi connectivity index (χ2n) is 6.74. The number of aromatic nitrogens is 6. The van der Waals surface area contributed by atoms with Crippen molar-refractivity contribution in [3.8, 4) is 17.7 Å². The zero-order chi connectivity index (χ0) is 21.2. The first kappa shape index (κ1) is 19.0. The number of aryl methyl sites for hydroxylation is 1. The summed E-state index contributed by atoms with van der Waals surface area (Å²) in [5.41, 5.74) is 3.91. The number of rotatable bonds is 3. The molecule has 0 unspecified atom stereocenters. The van der Waals surface area contributed by atoms with Crippen LogP contribution in [0.2, 0.25) is 5.02 Å². The molecule has 7 nitrogen and oxygen atoms in total. The fourth-order valence-electron chi connectivity index (χ4n) is 3.07. The Kier molecular flexibility index (Phi) is 4.90. The Hall–Kier alpha value is -4.02. The van der Waals surface area contributed by atoms with E-state index < -0.39 is 0 Å². The van der Waals surface area contributed by atoms with E-state index in [0.29, 0.717) is 27.8 Å². The highest BCUT2D eigenvalue weighted by Crippen LogP contribution is 2.21. The summed E-state index contributed by atoms with van der Waals surface area (Å²) >= 11 is 6.19. The largest absolute Gasteiger partial charge is 0.469 e. The predicted octanol–water partition coefficient (Wildman–Crippen LogP) is 3.94. The van der Waals surface area contributed by atoms with Gasteiger partial charge in [0.15, 0.2) is 11.3 Å². The zero-order valence-electron chi connectivity index (χ0n) is 16.5. The van der Waals surface area contributed by atoms with Crippen LogP contribution < -0.4 is 4.74 Å². The van der Waals surface area contributed by atoms with E-state index in [1.165, 1.54) is 0 Å². The Bertz CT molecular complexity index is 1460. The lowest BCUT2D eigenvalue weighted by atomic mass is 10.1. The van der Waals surface area contributed by atoms with Crippen LogP contribution in [0.4, 0.5) is 0 Å². The quantitative estimate of drug-likeness (QED) is 0.407. The minimum atomic E-state index is 0.183. The SMILES string of the molecule is Cn1ncc(Cl)c1COc1nc2cccnc2nc1C#Cc1cnc2ccccc2c1. The summed E-state index contributed by atoms with van der Waals surface area (Å²) in [6, 6.07) is 13.5.